The van der Waals surface area contributed by atoms with E-state index in [-0.39, 0.29) is 18.0 Å². The van der Waals surface area contributed by atoms with Crippen LogP contribution in [0.1, 0.15) is 38.5 Å². The molecule has 1 saturated heterocycles. The van der Waals surface area contributed by atoms with Gasteiger partial charge in [0.15, 0.2) is 0 Å². The lowest BCUT2D eigenvalue weighted by Gasteiger charge is -2.44. The largest absolute Gasteiger partial charge is 0.338 e. The van der Waals surface area contributed by atoms with Gasteiger partial charge in [-0.25, -0.2) is 4.98 Å². The van der Waals surface area contributed by atoms with Gasteiger partial charge in [-0.05, 0) is 43.0 Å². The number of hydrogen-bond acceptors (Lipinski definition) is 4. The molecule has 4 rings (SSSR count). The average Bonchev–Trinajstić information content (AvgIpc) is 3.06. The number of likely N-dealkylation sites (tertiary alicyclic amines) is 1. The Kier molecular flexibility index (Phi) is 3.93. The molecule has 0 N–H and O–H groups in total. The number of rotatable bonds is 2. The van der Waals surface area contributed by atoms with Crippen LogP contribution in [0.15, 0.2) is 22.6 Å². The van der Waals surface area contributed by atoms with Crippen LogP contribution in [0.3, 0.4) is 0 Å². The lowest BCUT2D eigenvalue weighted by atomic mass is 9.78. The standard InChI is InChI=1S/C17H21N3O2S/c21-15(20-8-3-5-12-4-1-2-6-14(12)20)10-19-11-18-16-13(17(19)22)7-9-23-16/h7,9,11-12,14H,1-6,8,10H2/t12-,14+/m0/s1. The Morgan fingerprint density at radius 1 is 1.26 bits per heavy atom. The van der Waals surface area contributed by atoms with Crippen molar-refractivity contribution < 1.29 is 4.79 Å². The van der Waals surface area contributed by atoms with Gasteiger partial charge in [-0.2, -0.15) is 0 Å². The molecule has 1 aliphatic carbocycles. The summed E-state index contributed by atoms with van der Waals surface area (Å²) in [6.07, 6.45) is 8.72. The van der Waals surface area contributed by atoms with E-state index in [1.54, 1.807) is 6.07 Å². The first-order chi connectivity index (χ1) is 11.2. The van der Waals surface area contributed by atoms with Crippen molar-refractivity contribution in [3.8, 4) is 0 Å². The van der Waals surface area contributed by atoms with E-state index in [9.17, 15) is 9.59 Å². The molecule has 2 aliphatic rings. The van der Waals surface area contributed by atoms with Crippen LogP contribution in [0.2, 0.25) is 0 Å². The predicted molar refractivity (Wildman–Crippen MR) is 90.6 cm³/mol. The normalized spacial score (nSPS) is 24.6. The second-order valence-corrected chi connectivity index (χ2v) is 7.55. The van der Waals surface area contributed by atoms with Crippen molar-refractivity contribution in [2.24, 2.45) is 5.92 Å². The number of carbonyl (C=O) groups is 1. The zero-order chi connectivity index (χ0) is 15.8. The lowest BCUT2D eigenvalue weighted by Crippen LogP contribution is -2.51. The minimum absolute atomic E-state index is 0.0695. The van der Waals surface area contributed by atoms with Gasteiger partial charge in [0.05, 0.1) is 11.7 Å². The Balaban J connectivity index is 1.56. The molecule has 0 unspecified atom stereocenters. The fraction of sp³-hybridized carbons (Fsp3) is 0.588. The summed E-state index contributed by atoms with van der Waals surface area (Å²) in [4.78, 5) is 32.3. The number of carbonyl (C=O) groups excluding carboxylic acids is 1. The molecule has 2 aromatic heterocycles. The van der Waals surface area contributed by atoms with E-state index in [0.717, 1.165) is 24.2 Å². The summed E-state index contributed by atoms with van der Waals surface area (Å²) in [5.74, 6) is 0.732. The molecule has 23 heavy (non-hydrogen) atoms. The molecule has 0 radical (unpaired) electrons. The Hall–Kier alpha value is -1.69. The number of nitrogens with zero attached hydrogens (tertiary/aromatic N) is 3. The number of fused-ring (bicyclic) bond motifs is 2. The molecule has 0 bridgehead atoms. The van der Waals surface area contributed by atoms with Crippen LogP contribution in [0.25, 0.3) is 10.2 Å². The fourth-order valence-corrected chi connectivity index (χ4v) is 4.90. The van der Waals surface area contributed by atoms with Crippen LogP contribution in [-0.2, 0) is 11.3 Å². The van der Waals surface area contributed by atoms with E-state index in [2.05, 4.69) is 4.98 Å². The van der Waals surface area contributed by atoms with Crippen LogP contribution >= 0.6 is 11.3 Å². The van der Waals surface area contributed by atoms with Crippen LogP contribution < -0.4 is 5.56 Å². The quantitative estimate of drug-likeness (QED) is 0.850. The number of amides is 1. The van der Waals surface area contributed by atoms with Crippen molar-refractivity contribution in [3.63, 3.8) is 0 Å². The summed E-state index contributed by atoms with van der Waals surface area (Å²) in [6, 6.07) is 2.17. The highest BCUT2D eigenvalue weighted by Gasteiger charge is 2.35. The SMILES string of the molecule is O=C(Cn1cnc2sccc2c1=O)N1CCC[C@@H]2CCCC[C@H]21. The molecule has 2 fully saturated rings. The molecule has 3 heterocycles. The van der Waals surface area contributed by atoms with Gasteiger partial charge < -0.3 is 4.90 Å². The average molecular weight is 331 g/mol. The molecule has 0 aromatic carbocycles. The minimum atomic E-state index is -0.109. The Bertz CT molecular complexity index is 779. The molecule has 0 spiro atoms. The minimum Gasteiger partial charge on any atom is -0.338 e. The molecule has 2 atom stereocenters. The van der Waals surface area contributed by atoms with E-state index >= 15 is 0 Å². The van der Waals surface area contributed by atoms with Crippen molar-refractivity contribution in [2.45, 2.75) is 51.1 Å². The highest BCUT2D eigenvalue weighted by Crippen LogP contribution is 2.35. The third kappa shape index (κ3) is 2.69. The van der Waals surface area contributed by atoms with E-state index in [1.165, 1.54) is 47.9 Å². The van der Waals surface area contributed by atoms with Gasteiger partial charge in [-0.3, -0.25) is 14.2 Å². The van der Waals surface area contributed by atoms with Crippen LogP contribution in [0.5, 0.6) is 0 Å². The Labute approximate surface area is 138 Å². The van der Waals surface area contributed by atoms with E-state index in [0.29, 0.717) is 17.3 Å². The van der Waals surface area contributed by atoms with Crippen molar-refractivity contribution in [3.05, 3.63) is 28.1 Å². The molecule has 6 heteroatoms. The molecular weight excluding hydrogens is 310 g/mol. The van der Waals surface area contributed by atoms with Gasteiger partial charge in [0, 0.05) is 12.6 Å². The highest BCUT2D eigenvalue weighted by atomic mass is 32.1. The van der Waals surface area contributed by atoms with Crippen molar-refractivity contribution >= 4 is 27.5 Å². The molecular formula is C17H21N3O2S. The summed E-state index contributed by atoms with van der Waals surface area (Å²) in [6.45, 7) is 0.948. The number of piperidine rings is 1. The predicted octanol–water partition coefficient (Wildman–Crippen LogP) is 2.64. The van der Waals surface area contributed by atoms with Crippen molar-refractivity contribution in [1.82, 2.24) is 14.5 Å². The maximum Gasteiger partial charge on any atom is 0.262 e. The molecule has 1 saturated carbocycles. The second kappa shape index (κ2) is 6.07. The van der Waals surface area contributed by atoms with Gasteiger partial charge in [0.2, 0.25) is 5.91 Å². The Morgan fingerprint density at radius 2 is 2.09 bits per heavy atom. The Morgan fingerprint density at radius 3 is 3.00 bits per heavy atom. The summed E-state index contributed by atoms with van der Waals surface area (Å²) in [5.41, 5.74) is -0.109. The molecule has 2 aromatic rings. The maximum atomic E-state index is 12.8. The van der Waals surface area contributed by atoms with Crippen LogP contribution in [0, 0.1) is 5.92 Å². The van der Waals surface area contributed by atoms with E-state index < -0.39 is 0 Å². The lowest BCUT2D eigenvalue weighted by molar-refractivity contribution is -0.138. The van der Waals surface area contributed by atoms with Gasteiger partial charge in [0.25, 0.3) is 5.56 Å². The summed E-state index contributed by atoms with van der Waals surface area (Å²) in [7, 11) is 0. The van der Waals surface area contributed by atoms with Gasteiger partial charge in [0.1, 0.15) is 11.4 Å². The molecule has 1 aliphatic heterocycles. The zero-order valence-electron chi connectivity index (χ0n) is 13.1. The monoisotopic (exact) mass is 331 g/mol. The van der Waals surface area contributed by atoms with Crippen LogP contribution in [0.4, 0.5) is 0 Å². The van der Waals surface area contributed by atoms with Crippen molar-refractivity contribution in [1.29, 1.82) is 0 Å². The third-order valence-electron chi connectivity index (χ3n) is 5.32. The third-order valence-corrected chi connectivity index (χ3v) is 6.14. The van der Waals surface area contributed by atoms with Gasteiger partial charge in [-0.15, -0.1) is 11.3 Å². The number of thiophene rings is 1. The summed E-state index contributed by atoms with van der Waals surface area (Å²) in [5, 5.41) is 2.47. The van der Waals surface area contributed by atoms with Gasteiger partial charge >= 0.3 is 0 Å². The fourth-order valence-electron chi connectivity index (χ4n) is 4.18. The topological polar surface area (TPSA) is 55.2 Å². The summed E-state index contributed by atoms with van der Waals surface area (Å²) < 4.78 is 1.46. The van der Waals surface area contributed by atoms with E-state index in [1.807, 2.05) is 10.3 Å². The first-order valence-corrected chi connectivity index (χ1v) is 9.34. The maximum absolute atomic E-state index is 12.8. The van der Waals surface area contributed by atoms with Crippen molar-refractivity contribution in [2.75, 3.05) is 6.54 Å². The number of hydrogen-bond donors (Lipinski definition) is 0. The second-order valence-electron chi connectivity index (χ2n) is 6.66. The molecule has 1 amide bonds. The first kappa shape index (κ1) is 14.9. The van der Waals surface area contributed by atoms with Gasteiger partial charge in [-0.1, -0.05) is 12.8 Å². The van der Waals surface area contributed by atoms with Crippen LogP contribution in [-0.4, -0.2) is 32.9 Å². The zero-order valence-corrected chi connectivity index (χ0v) is 13.9. The molecule has 5 nitrogen and oxygen atoms in total. The smallest absolute Gasteiger partial charge is 0.262 e. The number of aromatic nitrogens is 2. The van der Waals surface area contributed by atoms with E-state index in [4.69, 9.17) is 0 Å². The highest BCUT2D eigenvalue weighted by molar-refractivity contribution is 7.16. The first-order valence-electron chi connectivity index (χ1n) is 8.46. The summed E-state index contributed by atoms with van der Waals surface area (Å²) >= 11 is 1.45. The molecule has 122 valence electrons.